The van der Waals surface area contributed by atoms with Crippen LogP contribution >= 0.6 is 0 Å². The maximum atomic E-state index is 13.5. The number of methoxy groups -OCH3 is 2. The number of para-hydroxylation sites is 1. The second-order valence-electron chi connectivity index (χ2n) is 7.24. The van der Waals surface area contributed by atoms with Gasteiger partial charge in [-0.05, 0) is 54.6 Å². The lowest BCUT2D eigenvalue weighted by molar-refractivity contribution is 0.0979. The zero-order valence-corrected chi connectivity index (χ0v) is 17.3. The van der Waals surface area contributed by atoms with Gasteiger partial charge in [-0.1, -0.05) is 18.2 Å². The van der Waals surface area contributed by atoms with Crippen molar-refractivity contribution in [2.45, 2.75) is 6.67 Å². The third-order valence-electron chi connectivity index (χ3n) is 5.54. The lowest BCUT2D eigenvalue weighted by atomic mass is 10.1. The van der Waals surface area contributed by atoms with E-state index in [4.69, 9.17) is 9.47 Å². The van der Waals surface area contributed by atoms with Gasteiger partial charge in [0.15, 0.2) is 0 Å². The summed E-state index contributed by atoms with van der Waals surface area (Å²) in [5.74, 6) is 2.24. The van der Waals surface area contributed by atoms with Gasteiger partial charge in [-0.15, -0.1) is 0 Å². The van der Waals surface area contributed by atoms with E-state index in [9.17, 15) is 4.79 Å². The monoisotopic (exact) mass is 411 g/mol. The Labute approximate surface area is 180 Å². The summed E-state index contributed by atoms with van der Waals surface area (Å²) >= 11 is 0. The molecule has 0 bridgehead atoms. The van der Waals surface area contributed by atoms with Crippen LogP contribution in [0.15, 0.2) is 79.0 Å². The van der Waals surface area contributed by atoms with Crippen LogP contribution in [-0.4, -0.2) is 29.7 Å². The predicted molar refractivity (Wildman–Crippen MR) is 119 cm³/mol. The molecular formula is C25H21N3O3. The van der Waals surface area contributed by atoms with Crippen LogP contribution < -0.4 is 14.4 Å². The van der Waals surface area contributed by atoms with Crippen LogP contribution in [0.4, 0.5) is 5.69 Å². The zero-order chi connectivity index (χ0) is 21.4. The molecule has 2 heterocycles. The number of amides is 1. The third kappa shape index (κ3) is 3.22. The lowest BCUT2D eigenvalue weighted by Crippen LogP contribution is -2.36. The number of rotatable bonds is 4. The molecule has 0 N–H and O–H groups in total. The van der Waals surface area contributed by atoms with Crippen molar-refractivity contribution >= 4 is 11.6 Å². The first-order valence-corrected chi connectivity index (χ1v) is 9.95. The summed E-state index contributed by atoms with van der Waals surface area (Å²) in [6, 6.07) is 22.9. The second-order valence-corrected chi connectivity index (χ2v) is 7.24. The molecule has 0 spiro atoms. The molecule has 0 saturated carbocycles. The molecule has 4 aromatic rings. The van der Waals surface area contributed by atoms with Crippen molar-refractivity contribution in [3.05, 3.63) is 84.6 Å². The van der Waals surface area contributed by atoms with E-state index in [-0.39, 0.29) is 5.91 Å². The first-order chi connectivity index (χ1) is 15.2. The van der Waals surface area contributed by atoms with Crippen LogP contribution in [0.3, 0.4) is 0 Å². The van der Waals surface area contributed by atoms with Crippen molar-refractivity contribution in [1.29, 1.82) is 0 Å². The van der Waals surface area contributed by atoms with Gasteiger partial charge in [-0.3, -0.25) is 9.69 Å². The van der Waals surface area contributed by atoms with Crippen molar-refractivity contribution < 1.29 is 14.3 Å². The second kappa shape index (κ2) is 7.65. The number of carbonyl (C=O) groups excluding carboxylic acids is 1. The maximum absolute atomic E-state index is 13.5. The summed E-state index contributed by atoms with van der Waals surface area (Å²) in [4.78, 5) is 19.9. The molecule has 0 saturated heterocycles. The Morgan fingerprint density at radius 1 is 0.871 bits per heavy atom. The number of imidazole rings is 1. The largest absolute Gasteiger partial charge is 0.497 e. The van der Waals surface area contributed by atoms with Crippen LogP contribution in [-0.2, 0) is 6.67 Å². The lowest BCUT2D eigenvalue weighted by Gasteiger charge is -2.31. The molecule has 1 aliphatic rings. The normalized spacial score (nSPS) is 12.1. The highest BCUT2D eigenvalue weighted by atomic mass is 16.5. The quantitative estimate of drug-likeness (QED) is 0.482. The minimum absolute atomic E-state index is 0.0740. The Hall–Kier alpha value is -4.06. The van der Waals surface area contributed by atoms with E-state index in [0.717, 1.165) is 34.1 Å². The Morgan fingerprint density at radius 2 is 1.52 bits per heavy atom. The van der Waals surface area contributed by atoms with Gasteiger partial charge in [0.05, 0.1) is 31.8 Å². The predicted octanol–water partition coefficient (Wildman–Crippen LogP) is 4.85. The molecule has 0 unspecified atom stereocenters. The van der Waals surface area contributed by atoms with Crippen molar-refractivity contribution in [3.63, 3.8) is 0 Å². The fourth-order valence-corrected chi connectivity index (χ4v) is 3.91. The maximum Gasteiger partial charge on any atom is 0.259 e. The zero-order valence-electron chi connectivity index (χ0n) is 17.3. The summed E-state index contributed by atoms with van der Waals surface area (Å²) in [5.41, 5.74) is 4.40. The first-order valence-electron chi connectivity index (χ1n) is 9.95. The van der Waals surface area contributed by atoms with E-state index in [1.807, 2.05) is 54.7 Å². The number of fused-ring (bicyclic) bond motifs is 3. The Balaban J connectivity index is 1.58. The van der Waals surface area contributed by atoms with Gasteiger partial charge in [0.1, 0.15) is 24.0 Å². The topological polar surface area (TPSA) is 56.6 Å². The SMILES string of the molecule is COc1ccc(C(=O)N2Cn3c(cnc3-c3ccc(OC)cc3)-c3ccccc32)cc1. The van der Waals surface area contributed by atoms with E-state index in [1.165, 1.54) is 0 Å². The molecule has 31 heavy (non-hydrogen) atoms. The van der Waals surface area contributed by atoms with Crippen LogP contribution in [0.2, 0.25) is 0 Å². The van der Waals surface area contributed by atoms with Crippen molar-refractivity contribution in [2.75, 3.05) is 19.1 Å². The van der Waals surface area contributed by atoms with E-state index in [2.05, 4.69) is 9.55 Å². The van der Waals surface area contributed by atoms with Crippen LogP contribution in [0.25, 0.3) is 22.6 Å². The highest BCUT2D eigenvalue weighted by Crippen LogP contribution is 2.39. The van der Waals surface area contributed by atoms with Gasteiger partial charge < -0.3 is 14.0 Å². The fourth-order valence-electron chi connectivity index (χ4n) is 3.91. The van der Waals surface area contributed by atoms with E-state index in [1.54, 1.807) is 43.4 Å². The highest BCUT2D eigenvalue weighted by molar-refractivity contribution is 6.08. The number of anilines is 1. The number of carbonyl (C=O) groups is 1. The number of aromatic nitrogens is 2. The molecular weight excluding hydrogens is 390 g/mol. The molecule has 1 amide bonds. The molecule has 5 rings (SSSR count). The van der Waals surface area contributed by atoms with Crippen LogP contribution in [0.1, 0.15) is 10.4 Å². The fraction of sp³-hybridized carbons (Fsp3) is 0.120. The molecule has 6 nitrogen and oxygen atoms in total. The highest BCUT2D eigenvalue weighted by Gasteiger charge is 2.29. The molecule has 154 valence electrons. The summed E-state index contributed by atoms with van der Waals surface area (Å²) in [6.45, 7) is 0.374. The van der Waals surface area contributed by atoms with E-state index in [0.29, 0.717) is 18.0 Å². The Morgan fingerprint density at radius 3 is 2.19 bits per heavy atom. The molecule has 1 aromatic heterocycles. The van der Waals surface area contributed by atoms with Crippen LogP contribution in [0, 0.1) is 0 Å². The Bertz CT molecular complexity index is 1240. The summed E-state index contributed by atoms with van der Waals surface area (Å²) in [7, 11) is 3.25. The average Bonchev–Trinajstić information content (AvgIpc) is 3.27. The number of hydrogen-bond donors (Lipinski definition) is 0. The van der Waals surface area contributed by atoms with Gasteiger partial charge in [-0.2, -0.15) is 0 Å². The minimum Gasteiger partial charge on any atom is -0.497 e. The summed E-state index contributed by atoms with van der Waals surface area (Å²) in [6.07, 6.45) is 1.87. The smallest absolute Gasteiger partial charge is 0.259 e. The number of benzene rings is 3. The first kappa shape index (κ1) is 18.9. The molecule has 0 aliphatic carbocycles. The average molecular weight is 411 g/mol. The standard InChI is InChI=1S/C25H21N3O3/c1-30-19-11-7-17(8-12-19)24-26-15-23-21-5-3-4-6-22(21)28(16-27(23)24)25(29)18-9-13-20(31-2)14-10-18/h3-15H,16H2,1-2H3. The molecule has 3 aromatic carbocycles. The molecule has 0 atom stereocenters. The van der Waals surface area contributed by atoms with Gasteiger partial charge in [-0.25, -0.2) is 4.98 Å². The van der Waals surface area contributed by atoms with Crippen molar-refractivity contribution in [3.8, 4) is 34.1 Å². The molecule has 0 fully saturated rings. The van der Waals surface area contributed by atoms with Gasteiger partial charge >= 0.3 is 0 Å². The van der Waals surface area contributed by atoms with Crippen molar-refractivity contribution in [2.24, 2.45) is 0 Å². The van der Waals surface area contributed by atoms with Gasteiger partial charge in [0.25, 0.3) is 5.91 Å². The van der Waals surface area contributed by atoms with Crippen molar-refractivity contribution in [1.82, 2.24) is 9.55 Å². The van der Waals surface area contributed by atoms with E-state index < -0.39 is 0 Å². The van der Waals surface area contributed by atoms with E-state index >= 15 is 0 Å². The van der Waals surface area contributed by atoms with Gasteiger partial charge in [0.2, 0.25) is 0 Å². The number of nitrogens with zero attached hydrogens (tertiary/aromatic N) is 3. The number of ether oxygens (including phenoxy) is 2. The number of hydrogen-bond acceptors (Lipinski definition) is 4. The minimum atomic E-state index is -0.0740. The summed E-state index contributed by atoms with van der Waals surface area (Å²) in [5, 5.41) is 0. The summed E-state index contributed by atoms with van der Waals surface area (Å²) < 4.78 is 12.6. The third-order valence-corrected chi connectivity index (χ3v) is 5.54. The molecule has 6 heteroatoms. The molecule has 1 aliphatic heterocycles. The Kier molecular flexibility index (Phi) is 4.67. The molecule has 0 radical (unpaired) electrons. The van der Waals surface area contributed by atoms with Gasteiger partial charge in [0, 0.05) is 16.7 Å². The van der Waals surface area contributed by atoms with Crippen LogP contribution in [0.5, 0.6) is 11.5 Å².